The minimum absolute atomic E-state index is 0.100. The molecule has 2 saturated heterocycles. The average Bonchev–Trinajstić information content (AvgIpc) is 3.44. The van der Waals surface area contributed by atoms with Gasteiger partial charge in [0, 0.05) is 55.7 Å². The van der Waals surface area contributed by atoms with Crippen molar-refractivity contribution < 1.29 is 42.2 Å². The highest BCUT2D eigenvalue weighted by molar-refractivity contribution is 5.92. The number of likely N-dealkylation sites (tertiary alicyclic amines) is 2. The molecule has 12 heteroatoms. The van der Waals surface area contributed by atoms with Crippen molar-refractivity contribution in [2.45, 2.75) is 70.7 Å². The van der Waals surface area contributed by atoms with E-state index < -0.39 is 34.8 Å². The average molecular weight is 706 g/mol. The lowest BCUT2D eigenvalue weighted by Gasteiger charge is -2.39. The molecule has 10 nitrogen and oxygen atoms in total. The van der Waals surface area contributed by atoms with Gasteiger partial charge < -0.3 is 28.8 Å². The molecule has 3 aliphatic heterocycles. The number of fused-ring (bicyclic) bond motifs is 2. The quantitative estimate of drug-likeness (QED) is 0.199. The van der Waals surface area contributed by atoms with Crippen molar-refractivity contribution in [3.8, 4) is 0 Å². The highest BCUT2D eigenvalue weighted by Gasteiger charge is 2.50. The van der Waals surface area contributed by atoms with Gasteiger partial charge in [-0.2, -0.15) is 0 Å². The van der Waals surface area contributed by atoms with Crippen LogP contribution in [0.4, 0.5) is 28.9 Å². The van der Waals surface area contributed by atoms with Crippen molar-refractivity contribution in [3.05, 3.63) is 101 Å². The largest absolute Gasteiger partial charge is 0.445 e. The van der Waals surface area contributed by atoms with Gasteiger partial charge in [0.2, 0.25) is 0 Å². The summed E-state index contributed by atoms with van der Waals surface area (Å²) < 4.78 is 45.2. The van der Waals surface area contributed by atoms with Crippen molar-refractivity contribution >= 4 is 30.3 Å². The number of carbonyl (C=O) groups is 4. The van der Waals surface area contributed by atoms with Gasteiger partial charge in [0.1, 0.15) is 36.7 Å². The van der Waals surface area contributed by atoms with Crippen LogP contribution in [-0.2, 0) is 37.6 Å². The summed E-state index contributed by atoms with van der Waals surface area (Å²) >= 11 is 0. The molecule has 0 unspecified atom stereocenters. The molecule has 6 rings (SSSR count). The van der Waals surface area contributed by atoms with Crippen LogP contribution < -0.4 is 4.90 Å². The van der Waals surface area contributed by atoms with Crippen molar-refractivity contribution in [3.63, 3.8) is 0 Å². The predicted octanol–water partition coefficient (Wildman–Crippen LogP) is 7.62. The zero-order chi connectivity index (χ0) is 36.6. The van der Waals surface area contributed by atoms with E-state index in [-0.39, 0.29) is 30.9 Å². The molecule has 0 aliphatic carbocycles. The fraction of sp³-hybridized carbons (Fsp3) is 0.436. The highest BCUT2D eigenvalue weighted by Crippen LogP contribution is 2.49. The third kappa shape index (κ3) is 9.62. The summed E-state index contributed by atoms with van der Waals surface area (Å²) in [5, 5.41) is 0. The number of benzene rings is 3. The van der Waals surface area contributed by atoms with Crippen LogP contribution in [0, 0.1) is 17.6 Å². The summed E-state index contributed by atoms with van der Waals surface area (Å²) in [6.07, 6.45) is 1.93. The first-order valence-electron chi connectivity index (χ1n) is 17.2. The van der Waals surface area contributed by atoms with E-state index in [1.54, 1.807) is 30.6 Å². The molecule has 0 aromatic heterocycles. The topological polar surface area (TPSA) is 106 Å². The second kappa shape index (κ2) is 16.3. The number of nitrogens with zero attached hydrogens (tertiary/aromatic N) is 3. The zero-order valence-electron chi connectivity index (χ0n) is 29.3. The normalized spacial score (nSPS) is 16.8. The second-order valence-electron chi connectivity index (χ2n) is 14.2. The number of hydrogen-bond donors (Lipinski definition) is 0. The summed E-state index contributed by atoms with van der Waals surface area (Å²) in [7, 11) is 0. The van der Waals surface area contributed by atoms with E-state index in [1.807, 2.05) is 60.7 Å². The van der Waals surface area contributed by atoms with Crippen molar-refractivity contribution in [1.82, 2.24) is 9.80 Å². The molecule has 2 fully saturated rings. The van der Waals surface area contributed by atoms with E-state index in [1.165, 1.54) is 11.0 Å². The molecule has 51 heavy (non-hydrogen) atoms. The van der Waals surface area contributed by atoms with Crippen LogP contribution in [0.3, 0.4) is 0 Å². The first kappa shape index (κ1) is 37.3. The van der Waals surface area contributed by atoms with E-state index in [4.69, 9.17) is 14.2 Å². The van der Waals surface area contributed by atoms with E-state index in [0.29, 0.717) is 51.2 Å². The van der Waals surface area contributed by atoms with Crippen LogP contribution in [-0.4, -0.2) is 72.7 Å². The number of hydrogen-bond acceptors (Lipinski definition) is 7. The van der Waals surface area contributed by atoms with E-state index in [0.717, 1.165) is 36.3 Å². The Morgan fingerprint density at radius 3 is 1.78 bits per heavy atom. The Labute approximate surface area is 297 Å². The molecule has 3 aromatic rings. The summed E-state index contributed by atoms with van der Waals surface area (Å²) in [6.45, 7) is 7.75. The summed E-state index contributed by atoms with van der Waals surface area (Å²) in [4.78, 5) is 52.4. The zero-order valence-corrected chi connectivity index (χ0v) is 29.3. The number of ether oxygens (including phenoxy) is 3. The first-order valence-corrected chi connectivity index (χ1v) is 17.2. The minimum Gasteiger partial charge on any atom is -0.445 e. The highest BCUT2D eigenvalue weighted by atomic mass is 19.1. The van der Waals surface area contributed by atoms with Crippen LogP contribution in [0.5, 0.6) is 0 Å². The number of aldehydes is 1. The van der Waals surface area contributed by atoms with Gasteiger partial charge in [0.15, 0.2) is 0 Å². The van der Waals surface area contributed by atoms with Gasteiger partial charge in [-0.05, 0) is 63.6 Å². The van der Waals surface area contributed by atoms with Gasteiger partial charge in [-0.3, -0.25) is 4.90 Å². The van der Waals surface area contributed by atoms with Gasteiger partial charge in [0.05, 0.1) is 5.69 Å². The Kier molecular flexibility index (Phi) is 11.9. The molecule has 0 bridgehead atoms. The SMILES string of the molecule is CC(C)(C)OC(=O)N1CC2(CCN(C(=O)OCc3ccccc3)CC2)c2c(F)cc(F)cc21.O=CC1CCN(C(=O)OCc2ccccc2)CC1. The molecule has 3 aromatic carbocycles. The smallest absolute Gasteiger partial charge is 0.414 e. The van der Waals surface area contributed by atoms with Gasteiger partial charge in [-0.1, -0.05) is 60.7 Å². The Balaban J connectivity index is 0.000000236. The lowest BCUT2D eigenvalue weighted by molar-refractivity contribution is -0.112. The molecule has 1 spiro atoms. The lowest BCUT2D eigenvalue weighted by atomic mass is 9.74. The van der Waals surface area contributed by atoms with E-state index in [9.17, 15) is 28.0 Å². The molecular formula is C39H45F2N3O7. The number of rotatable bonds is 5. The van der Waals surface area contributed by atoms with Gasteiger partial charge >= 0.3 is 18.3 Å². The standard InChI is InChI=1S/C25H28F2N2O4.C14H17NO3/c1-24(2,3)33-23(31)29-16-25(21-19(27)13-18(26)14-20(21)29)9-11-28(12-10-25)22(30)32-15-17-7-5-4-6-8-17;16-10-12-6-8-15(9-7-12)14(17)18-11-13-4-2-1-3-5-13/h4-8,13-14H,9-12,15-16H2,1-3H3;1-5,10,12H,6-9,11H2. The van der Waals surface area contributed by atoms with Crippen molar-refractivity contribution in [2.75, 3.05) is 37.6 Å². The number of halogens is 2. The number of amides is 3. The Morgan fingerprint density at radius 1 is 0.784 bits per heavy atom. The molecular weight excluding hydrogens is 660 g/mol. The van der Waals surface area contributed by atoms with Crippen LogP contribution in [0.25, 0.3) is 0 Å². The molecule has 272 valence electrons. The summed E-state index contributed by atoms with van der Waals surface area (Å²) in [5.74, 6) is -1.34. The Hall–Kier alpha value is -5.00. The van der Waals surface area contributed by atoms with E-state index >= 15 is 0 Å². The maximum Gasteiger partial charge on any atom is 0.414 e. The third-order valence-corrected chi connectivity index (χ3v) is 9.31. The second-order valence-corrected chi connectivity index (χ2v) is 14.2. The van der Waals surface area contributed by atoms with Crippen LogP contribution in [0.15, 0.2) is 72.8 Å². The number of anilines is 1. The fourth-order valence-electron chi connectivity index (χ4n) is 6.61. The maximum atomic E-state index is 15.0. The molecule has 3 heterocycles. The van der Waals surface area contributed by atoms with Crippen LogP contribution in [0.2, 0.25) is 0 Å². The maximum absolute atomic E-state index is 15.0. The molecule has 0 N–H and O–H groups in total. The molecule has 0 atom stereocenters. The van der Waals surface area contributed by atoms with Crippen molar-refractivity contribution in [2.24, 2.45) is 5.92 Å². The molecule has 3 amide bonds. The van der Waals surface area contributed by atoms with E-state index in [2.05, 4.69) is 0 Å². The minimum atomic E-state index is -0.751. The molecule has 0 radical (unpaired) electrons. The Bertz CT molecular complexity index is 1670. The Morgan fingerprint density at radius 2 is 1.29 bits per heavy atom. The number of carbonyl (C=O) groups excluding carboxylic acids is 4. The summed E-state index contributed by atoms with van der Waals surface area (Å²) in [6, 6.07) is 21.0. The molecule has 3 aliphatic rings. The third-order valence-electron chi connectivity index (χ3n) is 9.31. The fourth-order valence-corrected chi connectivity index (χ4v) is 6.61. The predicted molar refractivity (Wildman–Crippen MR) is 186 cm³/mol. The van der Waals surface area contributed by atoms with Gasteiger partial charge in [-0.15, -0.1) is 0 Å². The van der Waals surface area contributed by atoms with Crippen LogP contribution >= 0.6 is 0 Å². The van der Waals surface area contributed by atoms with Crippen LogP contribution in [0.1, 0.15) is 63.1 Å². The van der Waals surface area contributed by atoms with Gasteiger partial charge in [-0.25, -0.2) is 23.2 Å². The number of piperidine rings is 2. The first-order chi connectivity index (χ1) is 24.4. The lowest BCUT2D eigenvalue weighted by Crippen LogP contribution is -2.48. The molecule has 0 saturated carbocycles. The van der Waals surface area contributed by atoms with Crippen molar-refractivity contribution in [1.29, 1.82) is 0 Å². The monoisotopic (exact) mass is 705 g/mol. The summed E-state index contributed by atoms with van der Waals surface area (Å²) in [5.41, 5.74) is 0.911. The van der Waals surface area contributed by atoms with Gasteiger partial charge in [0.25, 0.3) is 0 Å².